The van der Waals surface area contributed by atoms with Crippen LogP contribution in [0.4, 0.5) is 0 Å². The molecule has 3 aliphatic rings. The van der Waals surface area contributed by atoms with Crippen molar-refractivity contribution in [3.8, 4) is 0 Å². The molecule has 0 radical (unpaired) electrons. The monoisotopic (exact) mass is 373 g/mol. The number of rotatable bonds is 4. The fraction of sp³-hybridized carbons (Fsp3) is 0.611. The van der Waals surface area contributed by atoms with E-state index in [-0.39, 0.29) is 24.3 Å². The topological polar surface area (TPSA) is 106 Å². The minimum atomic E-state index is -0.578. The Hall–Kier alpha value is -2.55. The highest BCUT2D eigenvalue weighted by atomic mass is 16.7. The standard InChI is InChI=1S/C18H23N5O4/c1-12-7-20-14(8-19-12)9-21-16(24)15-6-18(27-22-15)3-4-23(11-18)17(25)13-2-5-26-10-13/h7-8,13H,2-6,9-11H2,1H3,(H,21,24). The summed E-state index contributed by atoms with van der Waals surface area (Å²) in [6, 6.07) is 0. The Labute approximate surface area is 157 Å². The molecule has 3 aliphatic heterocycles. The summed E-state index contributed by atoms with van der Waals surface area (Å²) in [6.07, 6.45) is 5.15. The fourth-order valence-electron chi connectivity index (χ4n) is 3.67. The summed E-state index contributed by atoms with van der Waals surface area (Å²) >= 11 is 0. The van der Waals surface area contributed by atoms with Gasteiger partial charge in [0.25, 0.3) is 5.91 Å². The molecule has 1 spiro atoms. The van der Waals surface area contributed by atoms with Gasteiger partial charge in [0.2, 0.25) is 5.91 Å². The van der Waals surface area contributed by atoms with E-state index in [4.69, 9.17) is 9.57 Å². The van der Waals surface area contributed by atoms with Gasteiger partial charge in [-0.2, -0.15) is 0 Å². The van der Waals surface area contributed by atoms with Crippen molar-refractivity contribution in [3.05, 3.63) is 23.8 Å². The van der Waals surface area contributed by atoms with Crippen LogP contribution in [-0.2, 0) is 25.7 Å². The molecule has 4 rings (SSSR count). The highest BCUT2D eigenvalue weighted by molar-refractivity contribution is 6.39. The largest absolute Gasteiger partial charge is 0.386 e. The van der Waals surface area contributed by atoms with Gasteiger partial charge in [-0.15, -0.1) is 0 Å². The van der Waals surface area contributed by atoms with Crippen molar-refractivity contribution < 1.29 is 19.2 Å². The maximum Gasteiger partial charge on any atom is 0.269 e. The van der Waals surface area contributed by atoms with Crippen LogP contribution < -0.4 is 5.32 Å². The minimum Gasteiger partial charge on any atom is -0.386 e. The van der Waals surface area contributed by atoms with Crippen molar-refractivity contribution >= 4 is 17.5 Å². The van der Waals surface area contributed by atoms with E-state index in [1.165, 1.54) is 0 Å². The molecule has 1 aromatic heterocycles. The summed E-state index contributed by atoms with van der Waals surface area (Å²) < 4.78 is 5.31. The van der Waals surface area contributed by atoms with Crippen molar-refractivity contribution in [2.24, 2.45) is 11.1 Å². The second-order valence-electron chi connectivity index (χ2n) is 7.39. The summed E-state index contributed by atoms with van der Waals surface area (Å²) in [4.78, 5) is 40.7. The third-order valence-electron chi connectivity index (χ3n) is 5.27. The number of hydrogen-bond acceptors (Lipinski definition) is 7. The first-order valence-corrected chi connectivity index (χ1v) is 9.22. The van der Waals surface area contributed by atoms with E-state index in [9.17, 15) is 9.59 Å². The second kappa shape index (κ2) is 7.22. The lowest BCUT2D eigenvalue weighted by molar-refractivity contribution is -0.135. The van der Waals surface area contributed by atoms with Gasteiger partial charge in [0.05, 0.1) is 43.2 Å². The predicted octanol–water partition coefficient (Wildman–Crippen LogP) is 0.185. The summed E-state index contributed by atoms with van der Waals surface area (Å²) in [5.41, 5.74) is 1.28. The highest BCUT2D eigenvalue weighted by Gasteiger charge is 2.48. The van der Waals surface area contributed by atoms with Crippen LogP contribution in [0.15, 0.2) is 17.5 Å². The maximum absolute atomic E-state index is 12.5. The Morgan fingerprint density at radius 1 is 1.37 bits per heavy atom. The van der Waals surface area contributed by atoms with Crippen LogP contribution >= 0.6 is 0 Å². The normalized spacial score (nSPS) is 26.9. The first-order valence-electron chi connectivity index (χ1n) is 9.22. The number of likely N-dealkylation sites (tertiary alicyclic amines) is 1. The van der Waals surface area contributed by atoms with Crippen LogP contribution in [0.1, 0.15) is 30.7 Å². The lowest BCUT2D eigenvalue weighted by Crippen LogP contribution is -2.40. The van der Waals surface area contributed by atoms with Gasteiger partial charge in [-0.3, -0.25) is 19.6 Å². The van der Waals surface area contributed by atoms with Crippen molar-refractivity contribution in [1.82, 2.24) is 20.2 Å². The number of nitrogens with zero attached hydrogens (tertiary/aromatic N) is 4. The van der Waals surface area contributed by atoms with Crippen molar-refractivity contribution in [3.63, 3.8) is 0 Å². The van der Waals surface area contributed by atoms with Crippen LogP contribution in [0.5, 0.6) is 0 Å². The molecule has 0 bridgehead atoms. The zero-order chi connectivity index (χ0) is 18.9. The van der Waals surface area contributed by atoms with Crippen LogP contribution in [0.2, 0.25) is 0 Å². The summed E-state index contributed by atoms with van der Waals surface area (Å²) in [5.74, 6) is -0.215. The number of aryl methyl sites for hydroxylation is 1. The van der Waals surface area contributed by atoms with Crippen LogP contribution in [-0.4, -0.2) is 64.3 Å². The molecule has 9 nitrogen and oxygen atoms in total. The molecule has 2 fully saturated rings. The molecule has 27 heavy (non-hydrogen) atoms. The number of aromatic nitrogens is 2. The average molecular weight is 373 g/mol. The van der Waals surface area contributed by atoms with E-state index in [1.807, 2.05) is 11.8 Å². The van der Waals surface area contributed by atoms with Crippen LogP contribution in [0.3, 0.4) is 0 Å². The van der Waals surface area contributed by atoms with Crippen molar-refractivity contribution in [2.45, 2.75) is 38.3 Å². The molecular weight excluding hydrogens is 350 g/mol. The molecule has 9 heteroatoms. The molecular formula is C18H23N5O4. The number of amides is 2. The Morgan fingerprint density at radius 2 is 2.26 bits per heavy atom. The van der Waals surface area contributed by atoms with Gasteiger partial charge in [0.15, 0.2) is 5.60 Å². The number of ether oxygens (including phenoxy) is 1. The van der Waals surface area contributed by atoms with E-state index in [0.29, 0.717) is 50.6 Å². The molecule has 4 heterocycles. The van der Waals surface area contributed by atoms with Gasteiger partial charge in [-0.1, -0.05) is 5.16 Å². The lowest BCUT2D eigenvalue weighted by Gasteiger charge is -2.23. The Kier molecular flexibility index (Phi) is 4.77. The molecule has 2 saturated heterocycles. The molecule has 2 unspecified atom stereocenters. The lowest BCUT2D eigenvalue weighted by atomic mass is 9.96. The number of carbonyl (C=O) groups is 2. The van der Waals surface area contributed by atoms with Crippen LogP contribution in [0.25, 0.3) is 0 Å². The molecule has 0 aromatic carbocycles. The highest BCUT2D eigenvalue weighted by Crippen LogP contribution is 2.35. The summed E-state index contributed by atoms with van der Waals surface area (Å²) in [7, 11) is 0. The van der Waals surface area contributed by atoms with Crippen molar-refractivity contribution in [2.75, 3.05) is 26.3 Å². The van der Waals surface area contributed by atoms with Gasteiger partial charge in [0.1, 0.15) is 5.71 Å². The van der Waals surface area contributed by atoms with E-state index >= 15 is 0 Å². The van der Waals surface area contributed by atoms with Gasteiger partial charge in [0, 0.05) is 32.2 Å². The second-order valence-corrected chi connectivity index (χ2v) is 7.39. The first-order chi connectivity index (χ1) is 13.0. The number of nitrogens with one attached hydrogen (secondary N) is 1. The molecule has 2 amide bonds. The van der Waals surface area contributed by atoms with Gasteiger partial charge >= 0.3 is 0 Å². The molecule has 2 atom stereocenters. The minimum absolute atomic E-state index is 0.0548. The zero-order valence-electron chi connectivity index (χ0n) is 15.3. The number of carbonyl (C=O) groups excluding carboxylic acids is 2. The van der Waals surface area contributed by atoms with Gasteiger partial charge in [-0.25, -0.2) is 0 Å². The zero-order valence-corrected chi connectivity index (χ0v) is 15.3. The smallest absolute Gasteiger partial charge is 0.269 e. The quantitative estimate of drug-likeness (QED) is 0.807. The fourth-order valence-corrected chi connectivity index (χ4v) is 3.67. The Morgan fingerprint density at radius 3 is 3.00 bits per heavy atom. The predicted molar refractivity (Wildman–Crippen MR) is 94.6 cm³/mol. The number of hydrogen-bond donors (Lipinski definition) is 1. The maximum atomic E-state index is 12.5. The molecule has 1 aromatic rings. The van der Waals surface area contributed by atoms with E-state index in [0.717, 1.165) is 12.1 Å². The SMILES string of the molecule is Cc1cnc(CNC(=O)C2=NOC3(CCN(C(=O)C4CCOC4)C3)C2)cn1. The Bertz CT molecular complexity index is 760. The summed E-state index contributed by atoms with van der Waals surface area (Å²) in [6.45, 7) is 4.36. The third-order valence-corrected chi connectivity index (χ3v) is 5.27. The average Bonchev–Trinajstić information content (AvgIpc) is 3.43. The van der Waals surface area contributed by atoms with E-state index in [1.54, 1.807) is 12.4 Å². The van der Waals surface area contributed by atoms with E-state index < -0.39 is 5.60 Å². The Balaban J connectivity index is 1.29. The van der Waals surface area contributed by atoms with E-state index in [2.05, 4.69) is 20.4 Å². The third kappa shape index (κ3) is 3.78. The number of oxime groups is 1. The van der Waals surface area contributed by atoms with Crippen molar-refractivity contribution in [1.29, 1.82) is 0 Å². The summed E-state index contributed by atoms with van der Waals surface area (Å²) in [5, 5.41) is 6.79. The first kappa shape index (κ1) is 17.8. The van der Waals surface area contributed by atoms with Crippen LogP contribution in [0, 0.1) is 12.8 Å². The molecule has 1 N–H and O–H groups in total. The molecule has 0 saturated carbocycles. The van der Waals surface area contributed by atoms with Gasteiger partial charge in [-0.05, 0) is 13.3 Å². The molecule has 0 aliphatic carbocycles. The van der Waals surface area contributed by atoms with Gasteiger partial charge < -0.3 is 19.8 Å². The molecule has 144 valence electrons.